The molecule has 1 aromatic rings. The lowest BCUT2D eigenvalue weighted by Crippen LogP contribution is -2.42. The Labute approximate surface area is 90.7 Å². The summed E-state index contributed by atoms with van der Waals surface area (Å²) in [5, 5.41) is 0. The van der Waals surface area contributed by atoms with Crippen LogP contribution in [0.3, 0.4) is 0 Å². The van der Waals surface area contributed by atoms with Crippen molar-refractivity contribution >= 4 is 8.80 Å². The maximum atomic E-state index is 5.70. The molecule has 0 radical (unpaired) electrons. The van der Waals surface area contributed by atoms with Gasteiger partial charge < -0.3 is 13.3 Å². The molecule has 0 unspecified atom stereocenters. The SMILES string of the molecule is C=C[Si]1(OC)OCc2ccc(cc2)CO1. The van der Waals surface area contributed by atoms with Gasteiger partial charge in [0.1, 0.15) is 0 Å². The second kappa shape index (κ2) is 4.28. The Morgan fingerprint density at radius 3 is 2.00 bits per heavy atom. The maximum Gasteiger partial charge on any atom is 0.529 e. The zero-order valence-electron chi connectivity index (χ0n) is 8.73. The summed E-state index contributed by atoms with van der Waals surface area (Å²) in [5.74, 6) is 0. The van der Waals surface area contributed by atoms with Crippen molar-refractivity contribution in [1.82, 2.24) is 0 Å². The van der Waals surface area contributed by atoms with Crippen LogP contribution in [0.5, 0.6) is 0 Å². The summed E-state index contributed by atoms with van der Waals surface area (Å²) in [4.78, 5) is 0. The van der Waals surface area contributed by atoms with Crippen molar-refractivity contribution in [2.75, 3.05) is 7.11 Å². The second-order valence-electron chi connectivity index (χ2n) is 3.41. The van der Waals surface area contributed by atoms with Gasteiger partial charge in [-0.2, -0.15) is 0 Å². The Morgan fingerprint density at radius 1 is 1.20 bits per heavy atom. The van der Waals surface area contributed by atoms with E-state index in [1.54, 1.807) is 12.8 Å². The van der Waals surface area contributed by atoms with Crippen LogP contribution in [-0.4, -0.2) is 15.9 Å². The molecule has 0 atom stereocenters. The molecule has 2 aliphatic rings. The van der Waals surface area contributed by atoms with Crippen LogP contribution in [-0.2, 0) is 26.5 Å². The van der Waals surface area contributed by atoms with Crippen LogP contribution in [0.2, 0.25) is 0 Å². The first-order valence-corrected chi connectivity index (χ1v) is 6.63. The first-order chi connectivity index (χ1) is 7.28. The molecule has 15 heavy (non-hydrogen) atoms. The molecule has 80 valence electrons. The van der Waals surface area contributed by atoms with E-state index >= 15 is 0 Å². The molecule has 0 aromatic heterocycles. The van der Waals surface area contributed by atoms with Crippen LogP contribution < -0.4 is 0 Å². The highest BCUT2D eigenvalue weighted by molar-refractivity contribution is 6.66. The van der Waals surface area contributed by atoms with E-state index in [2.05, 4.69) is 6.58 Å². The number of rotatable bonds is 2. The van der Waals surface area contributed by atoms with Crippen molar-refractivity contribution < 1.29 is 13.3 Å². The van der Waals surface area contributed by atoms with Gasteiger partial charge in [0.05, 0.1) is 13.2 Å². The molecule has 4 heteroatoms. The molecule has 2 aliphatic heterocycles. The summed E-state index contributed by atoms with van der Waals surface area (Å²) in [6.45, 7) is 4.74. The molecule has 0 spiro atoms. The minimum absolute atomic E-state index is 0.506. The summed E-state index contributed by atoms with van der Waals surface area (Å²) >= 11 is 0. The molecule has 2 bridgehead atoms. The van der Waals surface area contributed by atoms with Gasteiger partial charge in [0.25, 0.3) is 0 Å². The van der Waals surface area contributed by atoms with E-state index in [1.807, 2.05) is 24.3 Å². The molecule has 0 N–H and O–H groups in total. The average Bonchev–Trinajstić information content (AvgIpc) is 2.44. The lowest BCUT2D eigenvalue weighted by atomic mass is 10.1. The van der Waals surface area contributed by atoms with E-state index in [0.717, 1.165) is 11.1 Å². The molecule has 2 heterocycles. The number of hydrogen-bond acceptors (Lipinski definition) is 3. The molecule has 3 nitrogen and oxygen atoms in total. The molecule has 0 aliphatic carbocycles. The minimum atomic E-state index is -2.65. The third-order valence-electron chi connectivity index (χ3n) is 2.44. The fourth-order valence-electron chi connectivity index (χ4n) is 1.46. The van der Waals surface area contributed by atoms with Crippen molar-refractivity contribution in [2.45, 2.75) is 13.2 Å². The van der Waals surface area contributed by atoms with Gasteiger partial charge >= 0.3 is 8.80 Å². The van der Waals surface area contributed by atoms with Crippen molar-refractivity contribution in [2.24, 2.45) is 0 Å². The van der Waals surface area contributed by atoms with Crippen LogP contribution >= 0.6 is 0 Å². The quantitative estimate of drug-likeness (QED) is 0.717. The highest BCUT2D eigenvalue weighted by atomic mass is 28.4. The van der Waals surface area contributed by atoms with Gasteiger partial charge in [-0.05, 0) is 16.8 Å². The summed E-state index contributed by atoms with van der Waals surface area (Å²) in [6, 6.07) is 8.17. The molecule has 0 fully saturated rings. The third-order valence-corrected chi connectivity index (χ3v) is 4.60. The van der Waals surface area contributed by atoms with Crippen LogP contribution in [0.25, 0.3) is 0 Å². The summed E-state index contributed by atoms with van der Waals surface area (Å²) in [6.07, 6.45) is 0. The van der Waals surface area contributed by atoms with Crippen molar-refractivity contribution in [3.8, 4) is 0 Å². The van der Waals surface area contributed by atoms with Gasteiger partial charge in [0.2, 0.25) is 0 Å². The number of benzene rings is 1. The number of hydrogen-bond donors (Lipinski definition) is 0. The van der Waals surface area contributed by atoms with E-state index in [0.29, 0.717) is 13.2 Å². The molecule has 0 amide bonds. The van der Waals surface area contributed by atoms with E-state index in [-0.39, 0.29) is 0 Å². The van der Waals surface area contributed by atoms with Gasteiger partial charge in [0, 0.05) is 7.11 Å². The van der Waals surface area contributed by atoms with Gasteiger partial charge in [-0.3, -0.25) is 0 Å². The third kappa shape index (κ3) is 2.18. The first kappa shape index (κ1) is 10.6. The molecular weight excluding hydrogens is 208 g/mol. The molecule has 0 saturated carbocycles. The second-order valence-corrected chi connectivity index (χ2v) is 6.01. The van der Waals surface area contributed by atoms with E-state index in [4.69, 9.17) is 13.3 Å². The molecule has 0 saturated heterocycles. The predicted molar refractivity (Wildman–Crippen MR) is 59.0 cm³/mol. The number of fused-ring (bicyclic) bond motifs is 6. The Kier molecular flexibility index (Phi) is 3.02. The van der Waals surface area contributed by atoms with Gasteiger partial charge in [-0.25, -0.2) is 0 Å². The fraction of sp³-hybridized carbons (Fsp3) is 0.273. The van der Waals surface area contributed by atoms with Gasteiger partial charge in [-0.1, -0.05) is 30.8 Å². The largest absolute Gasteiger partial charge is 0.529 e. The smallest absolute Gasteiger partial charge is 0.374 e. The Balaban J connectivity index is 2.26. The zero-order valence-corrected chi connectivity index (χ0v) is 9.73. The predicted octanol–water partition coefficient (Wildman–Crippen LogP) is 2.04. The highest BCUT2D eigenvalue weighted by Crippen LogP contribution is 2.19. The summed E-state index contributed by atoms with van der Waals surface area (Å²) < 4.78 is 16.7. The van der Waals surface area contributed by atoms with E-state index in [1.165, 1.54) is 0 Å². The van der Waals surface area contributed by atoms with Crippen LogP contribution in [0, 0.1) is 0 Å². The summed E-state index contributed by atoms with van der Waals surface area (Å²) in [5.41, 5.74) is 3.92. The Bertz CT molecular complexity index is 320. The highest BCUT2D eigenvalue weighted by Gasteiger charge is 2.37. The topological polar surface area (TPSA) is 27.7 Å². The summed E-state index contributed by atoms with van der Waals surface area (Å²) in [7, 11) is -1.05. The van der Waals surface area contributed by atoms with Crippen LogP contribution in [0.15, 0.2) is 36.5 Å². The van der Waals surface area contributed by atoms with E-state index in [9.17, 15) is 0 Å². The lowest BCUT2D eigenvalue weighted by molar-refractivity contribution is 0.0795. The van der Waals surface area contributed by atoms with Crippen molar-refractivity contribution in [1.29, 1.82) is 0 Å². The average molecular weight is 222 g/mol. The molecular formula is C11H14O3Si. The standard InChI is InChI=1S/C11H14O3Si/c1-3-15(12-2)13-8-10-4-5-11(7-6-10)9-14-15/h3-7H,1,8-9H2,2H3. The lowest BCUT2D eigenvalue weighted by Gasteiger charge is -2.23. The minimum Gasteiger partial charge on any atom is -0.374 e. The van der Waals surface area contributed by atoms with E-state index < -0.39 is 8.80 Å². The Morgan fingerprint density at radius 2 is 1.67 bits per heavy atom. The van der Waals surface area contributed by atoms with Crippen LogP contribution in [0.1, 0.15) is 11.1 Å². The zero-order chi connectivity index (χ0) is 10.7. The fourth-order valence-corrected chi connectivity index (χ4v) is 2.92. The van der Waals surface area contributed by atoms with Gasteiger partial charge in [-0.15, -0.1) is 0 Å². The maximum absolute atomic E-state index is 5.70. The monoisotopic (exact) mass is 222 g/mol. The van der Waals surface area contributed by atoms with Crippen LogP contribution in [0.4, 0.5) is 0 Å². The molecule has 3 rings (SSSR count). The van der Waals surface area contributed by atoms with Crippen molar-refractivity contribution in [3.05, 3.63) is 47.7 Å². The van der Waals surface area contributed by atoms with Crippen molar-refractivity contribution in [3.63, 3.8) is 0 Å². The Hall–Kier alpha value is -0.943. The molecule has 1 aromatic carbocycles. The normalized spacial score (nSPS) is 19.0. The first-order valence-electron chi connectivity index (χ1n) is 4.82. The van der Waals surface area contributed by atoms with Gasteiger partial charge in [0.15, 0.2) is 0 Å².